The van der Waals surface area contributed by atoms with E-state index in [9.17, 15) is 14.0 Å². The lowest BCUT2D eigenvalue weighted by Crippen LogP contribution is -2.39. The van der Waals surface area contributed by atoms with Crippen LogP contribution < -0.4 is 16.4 Å². The molecule has 158 valence electrons. The van der Waals surface area contributed by atoms with Gasteiger partial charge >= 0.3 is 0 Å². The van der Waals surface area contributed by atoms with E-state index in [1.54, 1.807) is 6.92 Å². The van der Waals surface area contributed by atoms with Gasteiger partial charge in [-0.05, 0) is 31.2 Å². The molecular weight excluding hydrogens is 411 g/mol. The largest absolute Gasteiger partial charge is 0.382 e. The summed E-state index contributed by atoms with van der Waals surface area (Å²) in [5.74, 6) is -1.54. The monoisotopic (exact) mass is 432 g/mol. The molecule has 0 bridgehead atoms. The van der Waals surface area contributed by atoms with Gasteiger partial charge in [-0.2, -0.15) is 4.98 Å². The number of primary amides is 1. The van der Waals surface area contributed by atoms with Crippen molar-refractivity contribution in [2.24, 2.45) is 5.73 Å². The van der Waals surface area contributed by atoms with Crippen LogP contribution >= 0.6 is 11.3 Å². The number of hydrogen-bond donors (Lipinski definition) is 2. The molecule has 0 saturated carbocycles. The Morgan fingerprint density at radius 1 is 1.20 bits per heavy atom. The average Bonchev–Trinajstić information content (AvgIpc) is 3.30. The molecule has 0 spiro atoms. The summed E-state index contributed by atoms with van der Waals surface area (Å²) in [6.45, 7) is 7.23. The Morgan fingerprint density at radius 2 is 1.83 bits per heavy atom. The molecule has 30 heavy (non-hydrogen) atoms. The maximum Gasteiger partial charge on any atom is 0.300 e. The first-order valence-corrected chi connectivity index (χ1v) is 9.80. The number of carbonyl (C=O) groups is 2. The summed E-state index contributed by atoms with van der Waals surface area (Å²) in [6.07, 6.45) is 0. The van der Waals surface area contributed by atoms with E-state index in [0.717, 1.165) is 11.3 Å². The van der Waals surface area contributed by atoms with Crippen LogP contribution in [0.1, 0.15) is 49.1 Å². The lowest BCUT2D eigenvalue weighted by atomic mass is 9.96. The first-order chi connectivity index (χ1) is 14.0. The Hall–Kier alpha value is -3.34. The number of benzene rings is 1. The Morgan fingerprint density at radius 3 is 2.37 bits per heavy atom. The summed E-state index contributed by atoms with van der Waals surface area (Å²) in [5, 5.41) is 4.08. The summed E-state index contributed by atoms with van der Waals surface area (Å²) >= 11 is 0.943. The maximum absolute atomic E-state index is 13.3. The zero-order chi connectivity index (χ0) is 22.2. The van der Waals surface area contributed by atoms with Crippen LogP contribution in [0.25, 0.3) is 0 Å². The fraction of sp³-hybridized carbons (Fsp3) is 0.316. The third-order valence-corrected chi connectivity index (χ3v) is 5.32. The van der Waals surface area contributed by atoms with Crippen molar-refractivity contribution in [3.05, 3.63) is 46.7 Å². The van der Waals surface area contributed by atoms with E-state index in [-0.39, 0.29) is 21.7 Å². The number of nitrogens with zero attached hydrogens (tertiary/aromatic N) is 4. The smallest absolute Gasteiger partial charge is 0.300 e. The van der Waals surface area contributed by atoms with Crippen LogP contribution in [0, 0.1) is 5.82 Å². The van der Waals surface area contributed by atoms with Crippen LogP contribution in [-0.2, 0) is 10.2 Å². The number of ketones is 1. The summed E-state index contributed by atoms with van der Waals surface area (Å²) in [5.41, 5.74) is 11.5. The summed E-state index contributed by atoms with van der Waals surface area (Å²) in [7, 11) is 0. The molecule has 1 unspecified atom stereocenters. The number of hydrogen-bond acceptors (Lipinski definition) is 9. The minimum atomic E-state index is -0.833. The fourth-order valence-electron chi connectivity index (χ4n) is 2.53. The lowest BCUT2D eigenvalue weighted by molar-refractivity contribution is -0.118. The number of aromatic nitrogens is 3. The predicted octanol–water partition coefficient (Wildman–Crippen LogP) is 2.79. The molecule has 0 fully saturated rings. The van der Waals surface area contributed by atoms with E-state index in [2.05, 4.69) is 15.1 Å². The molecular formula is C19H21FN6O3S. The van der Waals surface area contributed by atoms with Gasteiger partial charge < -0.3 is 20.9 Å². The van der Waals surface area contributed by atoms with Gasteiger partial charge in [-0.25, -0.2) is 9.37 Å². The number of nitrogens with two attached hydrogens (primary N) is 2. The topological polar surface area (TPSA) is 141 Å². The van der Waals surface area contributed by atoms with Crippen molar-refractivity contribution in [2.75, 3.05) is 10.6 Å². The molecule has 1 aromatic carbocycles. The Kier molecular flexibility index (Phi) is 5.57. The first-order valence-electron chi connectivity index (χ1n) is 8.98. The van der Waals surface area contributed by atoms with Crippen molar-refractivity contribution in [3.63, 3.8) is 0 Å². The van der Waals surface area contributed by atoms with Crippen molar-refractivity contribution in [3.8, 4) is 0 Å². The van der Waals surface area contributed by atoms with Crippen LogP contribution in [0.3, 0.4) is 0 Å². The second-order valence-electron chi connectivity index (χ2n) is 7.64. The SMILES string of the molecule is CC(C(N)=O)N(c1ccc(F)cc1)c1nc(N)c(C(=O)c2nc(C(C)(C)C)no2)s1. The zero-order valence-electron chi connectivity index (χ0n) is 16.8. The highest BCUT2D eigenvalue weighted by molar-refractivity contribution is 7.18. The molecule has 1 atom stereocenters. The zero-order valence-corrected chi connectivity index (χ0v) is 17.7. The van der Waals surface area contributed by atoms with Gasteiger partial charge in [0.1, 0.15) is 22.6 Å². The number of thiazole rings is 1. The van der Waals surface area contributed by atoms with E-state index in [4.69, 9.17) is 16.0 Å². The molecule has 2 heterocycles. The van der Waals surface area contributed by atoms with E-state index in [1.165, 1.54) is 29.2 Å². The average molecular weight is 432 g/mol. The molecule has 9 nitrogen and oxygen atoms in total. The van der Waals surface area contributed by atoms with Crippen LogP contribution in [0.2, 0.25) is 0 Å². The van der Waals surface area contributed by atoms with Crippen molar-refractivity contribution in [1.82, 2.24) is 15.1 Å². The van der Waals surface area contributed by atoms with Gasteiger partial charge in [0.15, 0.2) is 11.0 Å². The summed E-state index contributed by atoms with van der Waals surface area (Å²) < 4.78 is 18.4. The minimum Gasteiger partial charge on any atom is -0.382 e. The van der Waals surface area contributed by atoms with Gasteiger partial charge in [-0.3, -0.25) is 9.59 Å². The number of anilines is 3. The van der Waals surface area contributed by atoms with Crippen molar-refractivity contribution in [2.45, 2.75) is 39.2 Å². The van der Waals surface area contributed by atoms with Crippen molar-refractivity contribution < 1.29 is 18.5 Å². The van der Waals surface area contributed by atoms with Crippen LogP contribution in [-0.4, -0.2) is 32.9 Å². The van der Waals surface area contributed by atoms with E-state index >= 15 is 0 Å². The molecule has 0 aliphatic heterocycles. The Labute approximate surface area is 175 Å². The van der Waals surface area contributed by atoms with Gasteiger partial charge in [0.25, 0.3) is 11.7 Å². The van der Waals surface area contributed by atoms with Gasteiger partial charge in [-0.15, -0.1) is 0 Å². The lowest BCUT2D eigenvalue weighted by Gasteiger charge is -2.26. The molecule has 1 amide bonds. The quantitative estimate of drug-likeness (QED) is 0.566. The van der Waals surface area contributed by atoms with E-state index < -0.39 is 29.0 Å². The molecule has 2 aromatic heterocycles. The fourth-order valence-corrected chi connectivity index (χ4v) is 3.55. The maximum atomic E-state index is 13.3. The van der Waals surface area contributed by atoms with Gasteiger partial charge in [-0.1, -0.05) is 37.3 Å². The molecule has 0 aliphatic rings. The van der Waals surface area contributed by atoms with Crippen LogP contribution in [0.15, 0.2) is 28.8 Å². The predicted molar refractivity (Wildman–Crippen MR) is 110 cm³/mol. The number of nitrogen functional groups attached to an aromatic ring is 1. The number of amides is 1. The van der Waals surface area contributed by atoms with Crippen molar-refractivity contribution in [1.29, 1.82) is 0 Å². The minimum absolute atomic E-state index is 0.0562. The molecule has 0 radical (unpaired) electrons. The Balaban J connectivity index is 2.01. The van der Waals surface area contributed by atoms with Crippen LogP contribution in [0.4, 0.5) is 21.0 Å². The molecule has 11 heteroatoms. The molecule has 3 aromatic rings. The highest BCUT2D eigenvalue weighted by atomic mass is 32.1. The highest BCUT2D eigenvalue weighted by Crippen LogP contribution is 2.36. The standard InChI is InChI=1S/C19H21FN6O3S/c1-9(15(22)28)26(11-7-5-10(20)6-8-11)18-23-14(21)13(30-18)12(27)16-24-17(25-29-16)19(2,3)4/h5-9H,21H2,1-4H3,(H2,22,28). The summed E-state index contributed by atoms with van der Waals surface area (Å²) in [4.78, 5) is 34.7. The second kappa shape index (κ2) is 7.82. The molecule has 0 aliphatic carbocycles. The normalized spacial score (nSPS) is 12.6. The second-order valence-corrected chi connectivity index (χ2v) is 8.62. The number of rotatable bonds is 6. The Bertz CT molecular complexity index is 1090. The van der Waals surface area contributed by atoms with Gasteiger partial charge in [0, 0.05) is 11.1 Å². The third kappa shape index (κ3) is 4.15. The third-order valence-electron chi connectivity index (χ3n) is 4.25. The highest BCUT2D eigenvalue weighted by Gasteiger charge is 2.30. The first kappa shape index (κ1) is 21.4. The van der Waals surface area contributed by atoms with Gasteiger partial charge in [0.05, 0.1) is 0 Å². The molecule has 4 N–H and O–H groups in total. The molecule has 3 rings (SSSR count). The summed E-state index contributed by atoms with van der Waals surface area (Å²) in [6, 6.07) is 4.60. The molecule has 0 saturated heterocycles. The van der Waals surface area contributed by atoms with E-state index in [1.807, 2.05) is 20.8 Å². The van der Waals surface area contributed by atoms with Crippen LogP contribution in [0.5, 0.6) is 0 Å². The van der Waals surface area contributed by atoms with E-state index in [0.29, 0.717) is 11.5 Å². The number of carbonyl (C=O) groups excluding carboxylic acids is 2. The number of halogens is 1. The van der Waals surface area contributed by atoms with Gasteiger partial charge in [0.2, 0.25) is 5.91 Å². The van der Waals surface area contributed by atoms with Crippen molar-refractivity contribution >= 4 is 39.7 Å².